The normalized spacial score (nSPS) is 10.1. The molecule has 2 aromatic carbocycles. The lowest BCUT2D eigenvalue weighted by molar-refractivity contribution is 0.102. The molecule has 3 aromatic rings. The maximum absolute atomic E-state index is 12.4. The van der Waals surface area contributed by atoms with Crippen LogP contribution in [0, 0.1) is 0 Å². The van der Waals surface area contributed by atoms with Gasteiger partial charge in [-0.15, -0.1) is 0 Å². The topological polar surface area (TPSA) is 85.4 Å². The minimum atomic E-state index is -0.374. The second kappa shape index (κ2) is 8.66. The number of carbonyl (C=O) groups excluding carboxylic acids is 1. The first-order chi connectivity index (χ1) is 13.2. The predicted molar refractivity (Wildman–Crippen MR) is 103 cm³/mol. The van der Waals surface area contributed by atoms with Crippen LogP contribution in [-0.4, -0.2) is 30.1 Å². The van der Waals surface area contributed by atoms with Crippen molar-refractivity contribution in [3.05, 3.63) is 72.2 Å². The third-order valence-electron chi connectivity index (χ3n) is 3.86. The van der Waals surface area contributed by atoms with Crippen molar-refractivity contribution in [2.75, 3.05) is 24.9 Å². The van der Waals surface area contributed by atoms with Gasteiger partial charge in [0.05, 0.1) is 32.3 Å². The summed E-state index contributed by atoms with van der Waals surface area (Å²) in [7, 11) is 3.09. The average molecular weight is 364 g/mol. The summed E-state index contributed by atoms with van der Waals surface area (Å²) in [5, 5.41) is 5.93. The van der Waals surface area contributed by atoms with Crippen LogP contribution < -0.4 is 20.1 Å². The molecule has 2 N–H and O–H groups in total. The van der Waals surface area contributed by atoms with E-state index in [0.717, 1.165) is 5.56 Å². The van der Waals surface area contributed by atoms with Gasteiger partial charge < -0.3 is 20.1 Å². The fraction of sp³-hybridized carbons (Fsp3) is 0.150. The van der Waals surface area contributed by atoms with Crippen molar-refractivity contribution in [1.29, 1.82) is 0 Å². The molecule has 0 atom stereocenters. The quantitative estimate of drug-likeness (QED) is 0.669. The van der Waals surface area contributed by atoms with E-state index >= 15 is 0 Å². The van der Waals surface area contributed by atoms with Crippen molar-refractivity contribution in [3.8, 4) is 11.5 Å². The second-order valence-corrected chi connectivity index (χ2v) is 5.65. The highest BCUT2D eigenvalue weighted by Gasteiger charge is 2.12. The molecule has 0 aliphatic heterocycles. The molecule has 7 nitrogen and oxygen atoms in total. The van der Waals surface area contributed by atoms with Crippen LogP contribution in [0.4, 0.5) is 11.5 Å². The monoisotopic (exact) mass is 364 g/mol. The Morgan fingerprint density at radius 1 is 1.00 bits per heavy atom. The van der Waals surface area contributed by atoms with Crippen LogP contribution in [0.5, 0.6) is 11.5 Å². The van der Waals surface area contributed by atoms with E-state index in [0.29, 0.717) is 29.5 Å². The molecule has 1 heterocycles. The molecule has 1 amide bonds. The fourth-order valence-corrected chi connectivity index (χ4v) is 2.41. The molecular formula is C20H20N4O3. The number of carbonyl (C=O) groups is 1. The summed E-state index contributed by atoms with van der Waals surface area (Å²) in [6, 6.07) is 15.1. The first-order valence-electron chi connectivity index (χ1n) is 8.33. The summed E-state index contributed by atoms with van der Waals surface area (Å²) >= 11 is 0. The van der Waals surface area contributed by atoms with Crippen molar-refractivity contribution in [2.45, 2.75) is 6.54 Å². The molecule has 7 heteroatoms. The number of nitrogens with one attached hydrogen (secondary N) is 2. The molecule has 0 saturated carbocycles. The van der Waals surface area contributed by atoms with E-state index in [1.165, 1.54) is 19.5 Å². The standard InChI is InChI=1S/C20H20N4O3/c1-26-15-8-9-16(18(10-15)27-2)24-20(25)17-12-23-19(13-21-17)22-11-14-6-4-3-5-7-14/h3-10,12-13H,11H2,1-2H3,(H,22,23)(H,24,25). The van der Waals surface area contributed by atoms with Crippen molar-refractivity contribution >= 4 is 17.4 Å². The molecule has 0 spiro atoms. The van der Waals surface area contributed by atoms with Crippen LogP contribution in [0.25, 0.3) is 0 Å². The molecule has 0 fully saturated rings. The first-order valence-corrected chi connectivity index (χ1v) is 8.33. The molecule has 0 aliphatic rings. The zero-order valence-corrected chi connectivity index (χ0v) is 15.1. The summed E-state index contributed by atoms with van der Waals surface area (Å²) in [6.07, 6.45) is 2.96. The third kappa shape index (κ3) is 4.72. The Labute approximate surface area is 157 Å². The van der Waals surface area contributed by atoms with Crippen molar-refractivity contribution in [2.24, 2.45) is 0 Å². The van der Waals surface area contributed by atoms with E-state index in [4.69, 9.17) is 9.47 Å². The van der Waals surface area contributed by atoms with Gasteiger partial charge in [-0.1, -0.05) is 30.3 Å². The lowest BCUT2D eigenvalue weighted by atomic mass is 10.2. The number of aromatic nitrogens is 2. The first kappa shape index (κ1) is 18.2. The molecule has 27 heavy (non-hydrogen) atoms. The molecule has 0 aliphatic carbocycles. The van der Waals surface area contributed by atoms with Crippen LogP contribution in [-0.2, 0) is 6.54 Å². The minimum Gasteiger partial charge on any atom is -0.497 e. The Hall–Kier alpha value is -3.61. The van der Waals surface area contributed by atoms with Crippen LogP contribution in [0.2, 0.25) is 0 Å². The van der Waals surface area contributed by atoms with E-state index in [9.17, 15) is 4.79 Å². The SMILES string of the molecule is COc1ccc(NC(=O)c2cnc(NCc3ccccc3)cn2)c(OC)c1. The number of benzene rings is 2. The number of methoxy groups -OCH3 is 2. The second-order valence-electron chi connectivity index (χ2n) is 5.65. The van der Waals surface area contributed by atoms with Crippen molar-refractivity contribution in [1.82, 2.24) is 9.97 Å². The number of hydrogen-bond acceptors (Lipinski definition) is 6. The summed E-state index contributed by atoms with van der Waals surface area (Å²) in [4.78, 5) is 20.8. The number of hydrogen-bond donors (Lipinski definition) is 2. The minimum absolute atomic E-state index is 0.207. The molecule has 0 saturated heterocycles. The van der Waals surface area contributed by atoms with E-state index in [1.807, 2.05) is 30.3 Å². The Morgan fingerprint density at radius 2 is 1.81 bits per heavy atom. The van der Waals surface area contributed by atoms with Crippen LogP contribution >= 0.6 is 0 Å². The van der Waals surface area contributed by atoms with Gasteiger partial charge in [0.1, 0.15) is 23.0 Å². The van der Waals surface area contributed by atoms with Crippen molar-refractivity contribution in [3.63, 3.8) is 0 Å². The Kier molecular flexibility index (Phi) is 5.84. The Balaban J connectivity index is 1.64. The number of nitrogens with zero attached hydrogens (tertiary/aromatic N) is 2. The zero-order chi connectivity index (χ0) is 19.1. The highest BCUT2D eigenvalue weighted by Crippen LogP contribution is 2.29. The smallest absolute Gasteiger partial charge is 0.275 e. The maximum Gasteiger partial charge on any atom is 0.275 e. The average Bonchev–Trinajstić information content (AvgIpc) is 2.73. The molecule has 3 rings (SSSR count). The van der Waals surface area contributed by atoms with Gasteiger partial charge in [-0.3, -0.25) is 4.79 Å². The highest BCUT2D eigenvalue weighted by atomic mass is 16.5. The van der Waals surface area contributed by atoms with Gasteiger partial charge in [0.2, 0.25) is 0 Å². The van der Waals surface area contributed by atoms with Gasteiger partial charge >= 0.3 is 0 Å². The molecule has 0 unspecified atom stereocenters. The maximum atomic E-state index is 12.4. The van der Waals surface area contributed by atoms with Crippen LogP contribution in [0.3, 0.4) is 0 Å². The number of ether oxygens (including phenoxy) is 2. The van der Waals surface area contributed by atoms with Gasteiger partial charge in [0.15, 0.2) is 0 Å². The van der Waals surface area contributed by atoms with Crippen LogP contribution in [0.1, 0.15) is 16.1 Å². The van der Waals surface area contributed by atoms with Gasteiger partial charge in [0, 0.05) is 12.6 Å². The molecule has 138 valence electrons. The summed E-state index contributed by atoms with van der Waals surface area (Å²) < 4.78 is 10.4. The Morgan fingerprint density at radius 3 is 2.48 bits per heavy atom. The molecule has 0 bridgehead atoms. The van der Waals surface area contributed by atoms with E-state index in [-0.39, 0.29) is 11.6 Å². The molecule has 0 radical (unpaired) electrons. The van der Waals surface area contributed by atoms with Crippen molar-refractivity contribution < 1.29 is 14.3 Å². The van der Waals surface area contributed by atoms with Crippen LogP contribution in [0.15, 0.2) is 60.9 Å². The lowest BCUT2D eigenvalue weighted by Gasteiger charge is -2.11. The van der Waals surface area contributed by atoms with E-state index in [1.54, 1.807) is 25.3 Å². The van der Waals surface area contributed by atoms with E-state index < -0.39 is 0 Å². The third-order valence-corrected chi connectivity index (χ3v) is 3.86. The number of amides is 1. The van der Waals surface area contributed by atoms with Gasteiger partial charge in [0.25, 0.3) is 5.91 Å². The fourth-order valence-electron chi connectivity index (χ4n) is 2.41. The van der Waals surface area contributed by atoms with Gasteiger partial charge in [-0.05, 0) is 17.7 Å². The lowest BCUT2D eigenvalue weighted by Crippen LogP contribution is -2.15. The summed E-state index contributed by atoms with van der Waals surface area (Å²) in [6.45, 7) is 0.629. The zero-order valence-electron chi connectivity index (χ0n) is 15.1. The molecule has 1 aromatic heterocycles. The summed E-state index contributed by atoms with van der Waals surface area (Å²) in [5.74, 6) is 1.35. The van der Waals surface area contributed by atoms with Gasteiger partial charge in [-0.25, -0.2) is 9.97 Å². The highest BCUT2D eigenvalue weighted by molar-refractivity contribution is 6.03. The molecular weight excluding hydrogens is 344 g/mol. The van der Waals surface area contributed by atoms with E-state index in [2.05, 4.69) is 20.6 Å². The summed E-state index contributed by atoms with van der Waals surface area (Å²) in [5.41, 5.74) is 1.86. The number of anilines is 2. The largest absolute Gasteiger partial charge is 0.497 e. The van der Waals surface area contributed by atoms with Gasteiger partial charge in [-0.2, -0.15) is 0 Å². The predicted octanol–water partition coefficient (Wildman–Crippen LogP) is 3.36. The Bertz CT molecular complexity index is 899. The number of rotatable bonds is 7.